The molecule has 0 fully saturated rings. The van der Waals surface area contributed by atoms with Crippen molar-refractivity contribution in [3.05, 3.63) is 33.9 Å². The Labute approximate surface area is 99.7 Å². The van der Waals surface area contributed by atoms with Gasteiger partial charge in [0.25, 0.3) is 5.69 Å². The molecule has 1 N–H and O–H groups in total. The Morgan fingerprint density at radius 1 is 1.41 bits per heavy atom. The number of nitrogens with one attached hydrogen (secondary N) is 1. The topological polar surface area (TPSA) is 73.6 Å². The Morgan fingerprint density at radius 3 is 2.76 bits per heavy atom. The summed E-state index contributed by atoms with van der Waals surface area (Å²) in [6, 6.07) is 4.82. The predicted octanol–water partition coefficient (Wildman–Crippen LogP) is 1.34. The molecule has 0 aliphatic rings. The SMILES string of the molecule is COCCNCc1ccc(OC)cc1[N+](=O)[O-]. The van der Waals surface area contributed by atoms with Crippen LogP contribution in [0, 0.1) is 10.1 Å². The van der Waals surface area contributed by atoms with E-state index in [1.807, 2.05) is 0 Å². The zero-order valence-corrected chi connectivity index (χ0v) is 9.93. The third kappa shape index (κ3) is 4.01. The van der Waals surface area contributed by atoms with Gasteiger partial charge < -0.3 is 14.8 Å². The van der Waals surface area contributed by atoms with Gasteiger partial charge in [0.1, 0.15) is 5.75 Å². The average Bonchev–Trinajstić information content (AvgIpc) is 2.34. The summed E-state index contributed by atoms with van der Waals surface area (Å²) in [5.74, 6) is 0.484. The number of rotatable bonds is 7. The van der Waals surface area contributed by atoms with Gasteiger partial charge in [0.15, 0.2) is 0 Å². The van der Waals surface area contributed by atoms with E-state index in [2.05, 4.69) is 5.32 Å². The Bertz CT molecular complexity index is 382. The van der Waals surface area contributed by atoms with Gasteiger partial charge in [-0.15, -0.1) is 0 Å². The van der Waals surface area contributed by atoms with Crippen LogP contribution in [0.3, 0.4) is 0 Å². The number of ether oxygens (including phenoxy) is 2. The van der Waals surface area contributed by atoms with Gasteiger partial charge in [-0.25, -0.2) is 0 Å². The first-order chi connectivity index (χ1) is 8.19. The zero-order chi connectivity index (χ0) is 12.7. The molecule has 17 heavy (non-hydrogen) atoms. The van der Waals surface area contributed by atoms with Crippen molar-refractivity contribution in [1.29, 1.82) is 0 Å². The number of hydrogen-bond acceptors (Lipinski definition) is 5. The first kappa shape index (κ1) is 13.4. The van der Waals surface area contributed by atoms with Crippen LogP contribution >= 0.6 is 0 Å². The molecule has 1 aromatic carbocycles. The Balaban J connectivity index is 2.73. The second-order valence-corrected chi connectivity index (χ2v) is 3.42. The molecule has 94 valence electrons. The van der Waals surface area contributed by atoms with E-state index < -0.39 is 4.92 Å². The van der Waals surface area contributed by atoms with Gasteiger partial charge in [-0.1, -0.05) is 0 Å². The number of benzene rings is 1. The second kappa shape index (κ2) is 6.82. The lowest BCUT2D eigenvalue weighted by Crippen LogP contribution is -2.19. The number of methoxy groups -OCH3 is 2. The van der Waals surface area contributed by atoms with Crippen molar-refractivity contribution >= 4 is 5.69 Å². The fourth-order valence-electron chi connectivity index (χ4n) is 1.39. The van der Waals surface area contributed by atoms with Gasteiger partial charge in [0, 0.05) is 25.8 Å². The van der Waals surface area contributed by atoms with Gasteiger partial charge in [-0.3, -0.25) is 10.1 Å². The van der Waals surface area contributed by atoms with E-state index >= 15 is 0 Å². The third-order valence-electron chi connectivity index (χ3n) is 2.29. The standard InChI is InChI=1S/C11H16N2O4/c1-16-6-5-12-8-9-3-4-10(17-2)7-11(9)13(14)15/h3-4,7,12H,5-6,8H2,1-2H3. The summed E-state index contributed by atoms with van der Waals surface area (Å²) in [5.41, 5.74) is 0.696. The summed E-state index contributed by atoms with van der Waals surface area (Å²) >= 11 is 0. The van der Waals surface area contributed by atoms with Crippen LogP contribution in [0.5, 0.6) is 5.75 Å². The van der Waals surface area contributed by atoms with Crippen molar-refractivity contribution in [2.45, 2.75) is 6.54 Å². The van der Waals surface area contributed by atoms with Gasteiger partial charge >= 0.3 is 0 Å². The van der Waals surface area contributed by atoms with E-state index in [9.17, 15) is 10.1 Å². The van der Waals surface area contributed by atoms with E-state index in [-0.39, 0.29) is 5.69 Å². The molecular weight excluding hydrogens is 224 g/mol. The predicted molar refractivity (Wildman–Crippen MR) is 63.2 cm³/mol. The highest BCUT2D eigenvalue weighted by Crippen LogP contribution is 2.24. The summed E-state index contributed by atoms with van der Waals surface area (Å²) in [6.07, 6.45) is 0. The van der Waals surface area contributed by atoms with Crippen molar-refractivity contribution in [2.24, 2.45) is 0 Å². The molecule has 0 aromatic heterocycles. The highest BCUT2D eigenvalue weighted by atomic mass is 16.6. The van der Waals surface area contributed by atoms with Crippen LogP contribution in [0.1, 0.15) is 5.56 Å². The lowest BCUT2D eigenvalue weighted by Gasteiger charge is -2.06. The van der Waals surface area contributed by atoms with Crippen LogP contribution in [-0.2, 0) is 11.3 Å². The molecule has 0 amide bonds. The van der Waals surface area contributed by atoms with Crippen LogP contribution in [0.15, 0.2) is 18.2 Å². The molecular formula is C11H16N2O4. The minimum Gasteiger partial charge on any atom is -0.497 e. The summed E-state index contributed by atoms with van der Waals surface area (Å²) in [6.45, 7) is 1.66. The molecule has 0 spiro atoms. The maximum atomic E-state index is 10.9. The molecule has 0 aliphatic carbocycles. The van der Waals surface area contributed by atoms with Crippen LogP contribution in [0.25, 0.3) is 0 Å². The molecule has 1 aromatic rings. The minimum atomic E-state index is -0.407. The molecule has 6 nitrogen and oxygen atoms in total. The number of nitro groups is 1. The van der Waals surface area contributed by atoms with Crippen LogP contribution in [0.2, 0.25) is 0 Å². The van der Waals surface area contributed by atoms with Crippen LogP contribution in [0.4, 0.5) is 5.69 Å². The van der Waals surface area contributed by atoms with Crippen LogP contribution < -0.4 is 10.1 Å². The minimum absolute atomic E-state index is 0.0641. The van der Waals surface area contributed by atoms with E-state index in [1.165, 1.54) is 13.2 Å². The van der Waals surface area contributed by atoms with E-state index in [1.54, 1.807) is 19.2 Å². The molecule has 0 heterocycles. The first-order valence-corrected chi connectivity index (χ1v) is 5.20. The molecule has 0 bridgehead atoms. The summed E-state index contributed by atoms with van der Waals surface area (Å²) < 4.78 is 9.84. The highest BCUT2D eigenvalue weighted by Gasteiger charge is 2.14. The molecule has 0 atom stereocenters. The summed E-state index contributed by atoms with van der Waals surface area (Å²) in [5, 5.41) is 13.9. The molecule has 0 saturated carbocycles. The molecule has 1 rings (SSSR count). The highest BCUT2D eigenvalue weighted by molar-refractivity contribution is 5.45. The summed E-state index contributed by atoms with van der Waals surface area (Å²) in [4.78, 5) is 10.5. The maximum Gasteiger partial charge on any atom is 0.277 e. The maximum absolute atomic E-state index is 10.9. The zero-order valence-electron chi connectivity index (χ0n) is 9.93. The lowest BCUT2D eigenvalue weighted by molar-refractivity contribution is -0.385. The molecule has 0 unspecified atom stereocenters. The number of nitrogens with zero attached hydrogens (tertiary/aromatic N) is 1. The fourth-order valence-corrected chi connectivity index (χ4v) is 1.39. The van der Waals surface area contributed by atoms with Gasteiger partial charge in [-0.2, -0.15) is 0 Å². The van der Waals surface area contributed by atoms with Gasteiger partial charge in [-0.05, 0) is 12.1 Å². The van der Waals surface area contributed by atoms with Crippen LogP contribution in [-0.4, -0.2) is 32.3 Å². The van der Waals surface area contributed by atoms with Crippen molar-refractivity contribution in [3.8, 4) is 5.75 Å². The third-order valence-corrected chi connectivity index (χ3v) is 2.29. The lowest BCUT2D eigenvalue weighted by atomic mass is 10.1. The van der Waals surface area contributed by atoms with Crippen molar-refractivity contribution in [3.63, 3.8) is 0 Å². The fraction of sp³-hybridized carbons (Fsp3) is 0.455. The number of hydrogen-bond donors (Lipinski definition) is 1. The van der Waals surface area contributed by atoms with E-state index in [4.69, 9.17) is 9.47 Å². The van der Waals surface area contributed by atoms with Crippen molar-refractivity contribution < 1.29 is 14.4 Å². The van der Waals surface area contributed by atoms with E-state index in [0.29, 0.717) is 31.0 Å². The molecule has 0 radical (unpaired) electrons. The summed E-state index contributed by atoms with van der Waals surface area (Å²) in [7, 11) is 3.09. The monoisotopic (exact) mass is 240 g/mol. The average molecular weight is 240 g/mol. The Kier molecular flexibility index (Phi) is 5.38. The normalized spacial score (nSPS) is 10.2. The Hall–Kier alpha value is -1.66. The molecule has 6 heteroatoms. The first-order valence-electron chi connectivity index (χ1n) is 5.20. The van der Waals surface area contributed by atoms with Crippen molar-refractivity contribution in [2.75, 3.05) is 27.4 Å². The Morgan fingerprint density at radius 2 is 2.18 bits per heavy atom. The van der Waals surface area contributed by atoms with E-state index in [0.717, 1.165) is 0 Å². The van der Waals surface area contributed by atoms with Crippen molar-refractivity contribution in [1.82, 2.24) is 5.32 Å². The number of nitro benzene ring substituents is 1. The largest absolute Gasteiger partial charge is 0.497 e. The quantitative estimate of drug-likeness (QED) is 0.442. The van der Waals surface area contributed by atoms with Gasteiger partial charge in [0.05, 0.1) is 24.7 Å². The molecule has 0 aliphatic heterocycles. The smallest absolute Gasteiger partial charge is 0.277 e. The second-order valence-electron chi connectivity index (χ2n) is 3.42. The molecule has 0 saturated heterocycles. The van der Waals surface area contributed by atoms with Gasteiger partial charge in [0.2, 0.25) is 0 Å².